The number of nitrogens with zero attached hydrogens (tertiary/aromatic N) is 1. The average molecular weight is 264 g/mol. The van der Waals surface area contributed by atoms with Crippen LogP contribution in [0.15, 0.2) is 16.7 Å². The number of hydrogen-bond donors (Lipinski definition) is 1. The maximum absolute atomic E-state index is 5.64. The minimum Gasteiger partial charge on any atom is -0.468 e. The van der Waals surface area contributed by atoms with Crippen molar-refractivity contribution in [1.82, 2.24) is 10.2 Å². The SMILES string of the molecule is CCCN(Cc1ccoc1CNCC(C)C)C1CC1. The van der Waals surface area contributed by atoms with Crippen molar-refractivity contribution in [3.63, 3.8) is 0 Å². The third kappa shape index (κ3) is 4.66. The van der Waals surface area contributed by atoms with Gasteiger partial charge in [0.15, 0.2) is 0 Å². The molecule has 108 valence electrons. The zero-order valence-electron chi connectivity index (χ0n) is 12.6. The van der Waals surface area contributed by atoms with Crippen LogP contribution in [0, 0.1) is 5.92 Å². The van der Waals surface area contributed by atoms with Gasteiger partial charge in [-0.2, -0.15) is 0 Å². The first kappa shape index (κ1) is 14.6. The summed E-state index contributed by atoms with van der Waals surface area (Å²) in [4.78, 5) is 2.61. The van der Waals surface area contributed by atoms with Crippen LogP contribution in [-0.4, -0.2) is 24.0 Å². The maximum atomic E-state index is 5.64. The van der Waals surface area contributed by atoms with E-state index in [1.165, 1.54) is 31.4 Å². The summed E-state index contributed by atoms with van der Waals surface area (Å²) in [6, 6.07) is 2.96. The van der Waals surface area contributed by atoms with E-state index in [4.69, 9.17) is 4.42 Å². The van der Waals surface area contributed by atoms with Crippen LogP contribution in [0.2, 0.25) is 0 Å². The Bertz CT molecular complexity index is 369. The first-order valence-corrected chi connectivity index (χ1v) is 7.70. The highest BCUT2D eigenvalue weighted by Crippen LogP contribution is 2.29. The Morgan fingerprint density at radius 2 is 2.21 bits per heavy atom. The van der Waals surface area contributed by atoms with Gasteiger partial charge in [0.05, 0.1) is 12.8 Å². The average Bonchev–Trinajstić information content (AvgIpc) is 3.12. The van der Waals surface area contributed by atoms with Gasteiger partial charge in [-0.15, -0.1) is 0 Å². The molecule has 0 saturated heterocycles. The fraction of sp³-hybridized carbons (Fsp3) is 0.750. The third-order valence-electron chi connectivity index (χ3n) is 3.62. The van der Waals surface area contributed by atoms with Crippen LogP contribution in [0.25, 0.3) is 0 Å². The largest absolute Gasteiger partial charge is 0.468 e. The minimum atomic E-state index is 0.682. The predicted molar refractivity (Wildman–Crippen MR) is 79.0 cm³/mol. The molecule has 1 N–H and O–H groups in total. The molecule has 19 heavy (non-hydrogen) atoms. The van der Waals surface area contributed by atoms with Gasteiger partial charge in [-0.05, 0) is 44.3 Å². The second-order valence-electron chi connectivity index (χ2n) is 6.10. The van der Waals surface area contributed by atoms with E-state index in [1.54, 1.807) is 0 Å². The molecule has 1 aliphatic rings. The van der Waals surface area contributed by atoms with E-state index in [0.29, 0.717) is 5.92 Å². The van der Waals surface area contributed by atoms with Gasteiger partial charge in [0.25, 0.3) is 0 Å². The van der Waals surface area contributed by atoms with E-state index in [1.807, 2.05) is 6.26 Å². The summed E-state index contributed by atoms with van der Waals surface area (Å²) in [7, 11) is 0. The molecular weight excluding hydrogens is 236 g/mol. The minimum absolute atomic E-state index is 0.682. The van der Waals surface area contributed by atoms with Crippen LogP contribution in [0.4, 0.5) is 0 Å². The van der Waals surface area contributed by atoms with E-state index in [2.05, 4.69) is 37.1 Å². The molecule has 0 spiro atoms. The Labute approximate surface area is 117 Å². The summed E-state index contributed by atoms with van der Waals surface area (Å²) < 4.78 is 5.64. The molecule has 0 amide bonds. The van der Waals surface area contributed by atoms with Gasteiger partial charge in [0.1, 0.15) is 5.76 Å². The summed E-state index contributed by atoms with van der Waals surface area (Å²) in [6.07, 6.45) is 5.81. The molecule has 0 unspecified atom stereocenters. The second-order valence-corrected chi connectivity index (χ2v) is 6.10. The lowest BCUT2D eigenvalue weighted by Crippen LogP contribution is -2.27. The fourth-order valence-electron chi connectivity index (χ4n) is 2.47. The molecular formula is C16H28N2O. The van der Waals surface area contributed by atoms with E-state index in [9.17, 15) is 0 Å². The lowest BCUT2D eigenvalue weighted by atomic mass is 10.2. The molecule has 0 aromatic carbocycles. The van der Waals surface area contributed by atoms with E-state index in [-0.39, 0.29) is 0 Å². The summed E-state index contributed by atoms with van der Waals surface area (Å²) in [5, 5.41) is 3.47. The van der Waals surface area contributed by atoms with Gasteiger partial charge < -0.3 is 9.73 Å². The highest BCUT2D eigenvalue weighted by atomic mass is 16.3. The van der Waals surface area contributed by atoms with E-state index >= 15 is 0 Å². The number of nitrogens with one attached hydrogen (secondary N) is 1. The summed E-state index contributed by atoms with van der Waals surface area (Å²) >= 11 is 0. The van der Waals surface area contributed by atoms with Gasteiger partial charge in [0.2, 0.25) is 0 Å². The maximum Gasteiger partial charge on any atom is 0.122 e. The van der Waals surface area contributed by atoms with Crippen molar-refractivity contribution < 1.29 is 4.42 Å². The van der Waals surface area contributed by atoms with E-state index < -0.39 is 0 Å². The van der Waals surface area contributed by atoms with Crippen LogP contribution >= 0.6 is 0 Å². The first-order chi connectivity index (χ1) is 9.20. The van der Waals surface area contributed by atoms with Gasteiger partial charge in [-0.1, -0.05) is 20.8 Å². The molecule has 3 heteroatoms. The number of furan rings is 1. The smallest absolute Gasteiger partial charge is 0.122 e. The normalized spacial score (nSPS) is 15.6. The quantitative estimate of drug-likeness (QED) is 0.741. The first-order valence-electron chi connectivity index (χ1n) is 7.70. The lowest BCUT2D eigenvalue weighted by Gasteiger charge is -2.21. The molecule has 1 aromatic rings. The van der Waals surface area contributed by atoms with Crippen LogP contribution < -0.4 is 5.32 Å². The van der Waals surface area contributed by atoms with Gasteiger partial charge in [0, 0.05) is 18.2 Å². The molecule has 1 aromatic heterocycles. The zero-order chi connectivity index (χ0) is 13.7. The monoisotopic (exact) mass is 264 g/mol. The Morgan fingerprint density at radius 3 is 2.84 bits per heavy atom. The Morgan fingerprint density at radius 1 is 1.42 bits per heavy atom. The Kier molecular flexibility index (Phi) is 5.46. The fourth-order valence-corrected chi connectivity index (χ4v) is 2.47. The van der Waals surface area contributed by atoms with Crippen molar-refractivity contribution in [2.75, 3.05) is 13.1 Å². The zero-order valence-corrected chi connectivity index (χ0v) is 12.6. The van der Waals surface area contributed by atoms with Crippen molar-refractivity contribution in [3.8, 4) is 0 Å². The summed E-state index contributed by atoms with van der Waals surface area (Å²) in [6.45, 7) is 10.9. The highest BCUT2D eigenvalue weighted by molar-refractivity contribution is 5.17. The van der Waals surface area contributed by atoms with Gasteiger partial charge >= 0.3 is 0 Å². The molecule has 0 atom stereocenters. The van der Waals surface area contributed by atoms with Crippen LogP contribution in [0.3, 0.4) is 0 Å². The number of hydrogen-bond acceptors (Lipinski definition) is 3. The van der Waals surface area contributed by atoms with Gasteiger partial charge in [-0.25, -0.2) is 0 Å². The van der Waals surface area contributed by atoms with Crippen molar-refractivity contribution in [3.05, 3.63) is 23.7 Å². The molecule has 1 saturated carbocycles. The third-order valence-corrected chi connectivity index (χ3v) is 3.62. The standard InChI is InChI=1S/C16H28N2O/c1-4-8-18(15-5-6-15)12-14-7-9-19-16(14)11-17-10-13(2)3/h7,9,13,15,17H,4-6,8,10-12H2,1-3H3. The molecule has 0 aliphatic heterocycles. The second kappa shape index (κ2) is 7.11. The molecule has 0 bridgehead atoms. The molecule has 2 rings (SSSR count). The van der Waals surface area contributed by atoms with Crippen LogP contribution in [-0.2, 0) is 13.1 Å². The molecule has 1 heterocycles. The van der Waals surface area contributed by atoms with E-state index in [0.717, 1.165) is 31.4 Å². The van der Waals surface area contributed by atoms with Crippen LogP contribution in [0.1, 0.15) is 51.4 Å². The molecule has 0 radical (unpaired) electrons. The molecule has 1 aliphatic carbocycles. The Hall–Kier alpha value is -0.800. The summed E-state index contributed by atoms with van der Waals surface area (Å²) in [5.41, 5.74) is 1.36. The van der Waals surface area contributed by atoms with Crippen molar-refractivity contribution in [2.24, 2.45) is 5.92 Å². The Balaban J connectivity index is 1.86. The summed E-state index contributed by atoms with van der Waals surface area (Å²) in [5.74, 6) is 1.80. The van der Waals surface area contributed by atoms with Crippen molar-refractivity contribution in [2.45, 2.75) is 59.2 Å². The van der Waals surface area contributed by atoms with Crippen molar-refractivity contribution >= 4 is 0 Å². The lowest BCUT2D eigenvalue weighted by molar-refractivity contribution is 0.253. The molecule has 3 nitrogen and oxygen atoms in total. The van der Waals surface area contributed by atoms with Crippen LogP contribution in [0.5, 0.6) is 0 Å². The molecule has 1 fully saturated rings. The predicted octanol–water partition coefficient (Wildman–Crippen LogP) is 3.40. The topological polar surface area (TPSA) is 28.4 Å². The highest BCUT2D eigenvalue weighted by Gasteiger charge is 2.28. The van der Waals surface area contributed by atoms with Crippen molar-refractivity contribution in [1.29, 1.82) is 0 Å². The number of rotatable bonds is 9. The van der Waals surface area contributed by atoms with Gasteiger partial charge in [-0.3, -0.25) is 4.90 Å².